The molecule has 116 valence electrons. The normalized spacial score (nSPS) is 10.9. The molecule has 3 aromatic carbocycles. The maximum atomic E-state index is 13.3. The molecule has 0 amide bonds. The van der Waals surface area contributed by atoms with Crippen LogP contribution in [0.5, 0.6) is 0 Å². The van der Waals surface area contributed by atoms with E-state index in [9.17, 15) is 9.18 Å². The third-order valence-corrected chi connectivity index (χ3v) is 3.97. The summed E-state index contributed by atoms with van der Waals surface area (Å²) >= 11 is 0. The number of fused-ring (bicyclic) bond motifs is 1. The van der Waals surface area contributed by atoms with Crippen LogP contribution in [0.2, 0.25) is 0 Å². The molecule has 0 unspecified atom stereocenters. The van der Waals surface area contributed by atoms with E-state index in [0.29, 0.717) is 16.7 Å². The molecule has 0 saturated heterocycles. The molecule has 4 rings (SSSR count). The molecular formula is C21H13FO2. The average molecular weight is 316 g/mol. The highest BCUT2D eigenvalue weighted by molar-refractivity contribution is 6.15. The second-order valence-corrected chi connectivity index (χ2v) is 5.50. The molecule has 1 heterocycles. The topological polar surface area (TPSA) is 30.2 Å². The number of halogens is 1. The van der Waals surface area contributed by atoms with Crippen LogP contribution in [0, 0.1) is 5.82 Å². The van der Waals surface area contributed by atoms with Crippen LogP contribution >= 0.6 is 0 Å². The summed E-state index contributed by atoms with van der Waals surface area (Å²) in [5.74, 6) is -0.234. The molecule has 0 aliphatic carbocycles. The van der Waals surface area contributed by atoms with Crippen molar-refractivity contribution >= 4 is 16.8 Å². The van der Waals surface area contributed by atoms with Gasteiger partial charge < -0.3 is 4.42 Å². The standard InChI is InChI=1S/C21H13FO2/c22-16-12-10-14(11-13-16)19-17-8-4-5-9-18(17)24-21(19)20(23)15-6-2-1-3-7-15/h1-13H. The van der Waals surface area contributed by atoms with E-state index in [0.717, 1.165) is 10.9 Å². The van der Waals surface area contributed by atoms with Crippen molar-refractivity contribution in [2.24, 2.45) is 0 Å². The zero-order valence-electron chi connectivity index (χ0n) is 12.7. The molecule has 0 aliphatic rings. The van der Waals surface area contributed by atoms with E-state index in [1.165, 1.54) is 12.1 Å². The lowest BCUT2D eigenvalue weighted by molar-refractivity contribution is 0.101. The van der Waals surface area contributed by atoms with Crippen LogP contribution in [0.15, 0.2) is 83.3 Å². The summed E-state index contributed by atoms with van der Waals surface area (Å²) in [7, 11) is 0. The van der Waals surface area contributed by atoms with Crippen molar-refractivity contribution in [3.05, 3.63) is 96.0 Å². The van der Waals surface area contributed by atoms with Crippen LogP contribution in [-0.2, 0) is 0 Å². The molecule has 24 heavy (non-hydrogen) atoms. The number of carbonyl (C=O) groups is 1. The van der Waals surface area contributed by atoms with Gasteiger partial charge in [-0.05, 0) is 23.8 Å². The van der Waals surface area contributed by atoms with E-state index in [1.807, 2.05) is 42.5 Å². The average Bonchev–Trinajstić information content (AvgIpc) is 3.02. The summed E-state index contributed by atoms with van der Waals surface area (Å²) in [6, 6.07) is 22.6. The quantitative estimate of drug-likeness (QED) is 0.469. The fourth-order valence-electron chi connectivity index (χ4n) is 2.83. The van der Waals surface area contributed by atoms with Gasteiger partial charge in [0.1, 0.15) is 11.4 Å². The van der Waals surface area contributed by atoms with Crippen LogP contribution in [0.3, 0.4) is 0 Å². The molecular weight excluding hydrogens is 303 g/mol. The van der Waals surface area contributed by atoms with E-state index < -0.39 is 0 Å². The van der Waals surface area contributed by atoms with E-state index >= 15 is 0 Å². The minimum atomic E-state index is -0.317. The molecule has 4 aromatic rings. The summed E-state index contributed by atoms with van der Waals surface area (Å²) in [6.45, 7) is 0. The fourth-order valence-corrected chi connectivity index (χ4v) is 2.83. The fraction of sp³-hybridized carbons (Fsp3) is 0. The first-order valence-corrected chi connectivity index (χ1v) is 7.61. The minimum Gasteiger partial charge on any atom is -0.452 e. The highest BCUT2D eigenvalue weighted by Gasteiger charge is 2.22. The number of benzene rings is 3. The van der Waals surface area contributed by atoms with Crippen molar-refractivity contribution in [3.8, 4) is 11.1 Å². The number of hydrogen-bond donors (Lipinski definition) is 0. The molecule has 0 N–H and O–H groups in total. The zero-order chi connectivity index (χ0) is 16.5. The third kappa shape index (κ3) is 2.40. The molecule has 3 heteroatoms. The van der Waals surface area contributed by atoms with Crippen molar-refractivity contribution in [1.82, 2.24) is 0 Å². The van der Waals surface area contributed by atoms with Crippen molar-refractivity contribution in [2.45, 2.75) is 0 Å². The monoisotopic (exact) mass is 316 g/mol. The minimum absolute atomic E-state index is 0.189. The van der Waals surface area contributed by atoms with Crippen molar-refractivity contribution in [2.75, 3.05) is 0 Å². The molecule has 0 bridgehead atoms. The first-order valence-electron chi connectivity index (χ1n) is 7.61. The molecule has 1 aromatic heterocycles. The smallest absolute Gasteiger partial charge is 0.228 e. The van der Waals surface area contributed by atoms with Crippen LogP contribution in [-0.4, -0.2) is 5.78 Å². The Morgan fingerprint density at radius 1 is 0.792 bits per heavy atom. The van der Waals surface area contributed by atoms with Gasteiger partial charge in [-0.25, -0.2) is 4.39 Å². The Hall–Kier alpha value is -3.20. The maximum absolute atomic E-state index is 13.3. The Morgan fingerprint density at radius 3 is 2.21 bits per heavy atom. The van der Waals surface area contributed by atoms with Crippen LogP contribution < -0.4 is 0 Å². The largest absolute Gasteiger partial charge is 0.452 e. The van der Waals surface area contributed by atoms with Gasteiger partial charge in [0.2, 0.25) is 5.78 Å². The molecule has 2 nitrogen and oxygen atoms in total. The van der Waals surface area contributed by atoms with Gasteiger partial charge in [0.05, 0.1) is 0 Å². The Bertz CT molecular complexity index is 1010. The maximum Gasteiger partial charge on any atom is 0.228 e. The Morgan fingerprint density at radius 2 is 1.46 bits per heavy atom. The predicted molar refractivity (Wildman–Crippen MR) is 91.5 cm³/mol. The Balaban J connectivity index is 1.97. The van der Waals surface area contributed by atoms with Crippen LogP contribution in [0.4, 0.5) is 4.39 Å². The Labute approximate surface area is 138 Å². The van der Waals surface area contributed by atoms with Crippen molar-refractivity contribution < 1.29 is 13.6 Å². The highest BCUT2D eigenvalue weighted by Crippen LogP contribution is 2.36. The zero-order valence-corrected chi connectivity index (χ0v) is 12.7. The molecule has 0 radical (unpaired) electrons. The number of ketones is 1. The van der Waals surface area contributed by atoms with E-state index in [4.69, 9.17) is 4.42 Å². The molecule has 0 saturated carbocycles. The summed E-state index contributed by atoms with van der Waals surface area (Å²) < 4.78 is 19.1. The second kappa shape index (κ2) is 5.78. The predicted octanol–water partition coefficient (Wildman–Crippen LogP) is 5.47. The number of para-hydroxylation sites is 1. The molecule has 0 spiro atoms. The summed E-state index contributed by atoms with van der Waals surface area (Å²) in [5, 5.41) is 0.836. The van der Waals surface area contributed by atoms with Gasteiger partial charge in [-0.15, -0.1) is 0 Å². The van der Waals surface area contributed by atoms with Gasteiger partial charge in [0, 0.05) is 16.5 Å². The van der Waals surface area contributed by atoms with E-state index in [-0.39, 0.29) is 17.4 Å². The molecule has 0 fully saturated rings. The van der Waals surface area contributed by atoms with Gasteiger partial charge >= 0.3 is 0 Å². The number of rotatable bonds is 3. The summed E-state index contributed by atoms with van der Waals surface area (Å²) in [5.41, 5.74) is 2.64. The van der Waals surface area contributed by atoms with Crippen LogP contribution in [0.25, 0.3) is 22.1 Å². The SMILES string of the molecule is O=C(c1ccccc1)c1oc2ccccc2c1-c1ccc(F)cc1. The highest BCUT2D eigenvalue weighted by atomic mass is 19.1. The van der Waals surface area contributed by atoms with Crippen LogP contribution in [0.1, 0.15) is 16.1 Å². The first-order chi connectivity index (χ1) is 11.7. The second-order valence-electron chi connectivity index (χ2n) is 5.50. The van der Waals surface area contributed by atoms with Gasteiger partial charge in [-0.2, -0.15) is 0 Å². The molecule has 0 aliphatic heterocycles. The molecule has 0 atom stereocenters. The summed E-state index contributed by atoms with van der Waals surface area (Å²) in [6.07, 6.45) is 0. The van der Waals surface area contributed by atoms with Crippen molar-refractivity contribution in [1.29, 1.82) is 0 Å². The number of carbonyl (C=O) groups excluding carboxylic acids is 1. The van der Waals surface area contributed by atoms with Gasteiger partial charge in [-0.3, -0.25) is 4.79 Å². The van der Waals surface area contributed by atoms with E-state index in [2.05, 4.69) is 0 Å². The number of furan rings is 1. The third-order valence-electron chi connectivity index (χ3n) is 3.97. The lowest BCUT2D eigenvalue weighted by atomic mass is 9.98. The lowest BCUT2D eigenvalue weighted by Crippen LogP contribution is -2.01. The first kappa shape index (κ1) is 14.4. The van der Waals surface area contributed by atoms with Gasteiger partial charge in [0.15, 0.2) is 5.76 Å². The van der Waals surface area contributed by atoms with Crippen molar-refractivity contribution in [3.63, 3.8) is 0 Å². The lowest BCUT2D eigenvalue weighted by Gasteiger charge is -2.03. The van der Waals surface area contributed by atoms with Gasteiger partial charge in [-0.1, -0.05) is 60.7 Å². The summed E-state index contributed by atoms with van der Waals surface area (Å²) in [4.78, 5) is 12.9. The Kier molecular flexibility index (Phi) is 3.47. The number of hydrogen-bond acceptors (Lipinski definition) is 2. The van der Waals surface area contributed by atoms with E-state index in [1.54, 1.807) is 24.3 Å². The van der Waals surface area contributed by atoms with Gasteiger partial charge in [0.25, 0.3) is 0 Å².